The Kier molecular flexibility index (Phi) is 2.30. The summed E-state index contributed by atoms with van der Waals surface area (Å²) < 4.78 is 0. The highest BCUT2D eigenvalue weighted by Crippen LogP contribution is 2.26. The van der Waals surface area contributed by atoms with Crippen LogP contribution in [0, 0.1) is 0 Å². The number of nitrogens with zero attached hydrogens (tertiary/aromatic N) is 1. The molecule has 0 aromatic heterocycles. The molecular weight excluding hydrogens is 194 g/mol. The van der Waals surface area contributed by atoms with Crippen molar-refractivity contribution in [1.82, 2.24) is 0 Å². The number of fused-ring (bicyclic) bond motifs is 1. The van der Waals surface area contributed by atoms with E-state index < -0.39 is 0 Å². The van der Waals surface area contributed by atoms with Crippen LogP contribution >= 0.6 is 0 Å². The van der Waals surface area contributed by atoms with Gasteiger partial charge in [-0.25, -0.2) is 0 Å². The van der Waals surface area contributed by atoms with Crippen molar-refractivity contribution in [2.45, 2.75) is 12.5 Å². The molecule has 2 aromatic carbocycles. The molecule has 0 N–H and O–H groups in total. The van der Waals surface area contributed by atoms with E-state index in [1.807, 2.05) is 12.3 Å². The minimum atomic E-state index is 0.288. The molecule has 0 radical (unpaired) electrons. The maximum absolute atomic E-state index is 4.62. The van der Waals surface area contributed by atoms with Gasteiger partial charge in [0, 0.05) is 6.21 Å². The molecular formula is C15H13N. The van der Waals surface area contributed by atoms with Gasteiger partial charge in [-0.1, -0.05) is 54.6 Å². The molecule has 1 atom stereocenters. The molecule has 0 unspecified atom stereocenters. The highest BCUT2D eigenvalue weighted by atomic mass is 14.8. The van der Waals surface area contributed by atoms with E-state index in [1.165, 1.54) is 16.7 Å². The van der Waals surface area contributed by atoms with Crippen molar-refractivity contribution < 1.29 is 0 Å². The molecule has 0 aliphatic carbocycles. The van der Waals surface area contributed by atoms with Crippen LogP contribution in [0.1, 0.15) is 22.7 Å². The Morgan fingerprint density at radius 2 is 1.62 bits per heavy atom. The number of rotatable bonds is 1. The topological polar surface area (TPSA) is 12.4 Å². The molecule has 1 heteroatoms. The molecule has 1 aliphatic rings. The summed E-state index contributed by atoms with van der Waals surface area (Å²) in [5, 5.41) is 0. The summed E-state index contributed by atoms with van der Waals surface area (Å²) in [5.74, 6) is 0. The van der Waals surface area contributed by atoms with Gasteiger partial charge < -0.3 is 0 Å². The second kappa shape index (κ2) is 3.93. The molecule has 0 saturated carbocycles. The number of hydrogen-bond donors (Lipinski definition) is 0. The van der Waals surface area contributed by atoms with Crippen LogP contribution in [0.25, 0.3) is 0 Å². The summed E-state index contributed by atoms with van der Waals surface area (Å²) in [4.78, 5) is 4.62. The predicted octanol–water partition coefficient (Wildman–Crippen LogP) is 3.40. The van der Waals surface area contributed by atoms with Crippen LogP contribution in [0.5, 0.6) is 0 Å². The van der Waals surface area contributed by atoms with E-state index in [0.717, 1.165) is 6.42 Å². The zero-order chi connectivity index (χ0) is 10.8. The van der Waals surface area contributed by atoms with Crippen molar-refractivity contribution >= 4 is 6.21 Å². The molecule has 0 spiro atoms. The molecule has 0 amide bonds. The third-order valence-corrected chi connectivity index (χ3v) is 3.05. The Bertz CT molecular complexity index is 514. The summed E-state index contributed by atoms with van der Waals surface area (Å²) in [5.41, 5.74) is 3.95. The summed E-state index contributed by atoms with van der Waals surface area (Å²) in [7, 11) is 0. The van der Waals surface area contributed by atoms with Gasteiger partial charge in [0.1, 0.15) is 0 Å². The summed E-state index contributed by atoms with van der Waals surface area (Å²) in [6.45, 7) is 0. The van der Waals surface area contributed by atoms with Crippen LogP contribution in [-0.4, -0.2) is 6.21 Å². The lowest BCUT2D eigenvalue weighted by atomic mass is 9.94. The second-order valence-corrected chi connectivity index (χ2v) is 4.11. The lowest BCUT2D eigenvalue weighted by molar-refractivity contribution is 0.717. The van der Waals surface area contributed by atoms with Crippen molar-refractivity contribution in [2.24, 2.45) is 4.99 Å². The van der Waals surface area contributed by atoms with E-state index in [0.29, 0.717) is 0 Å². The van der Waals surface area contributed by atoms with Gasteiger partial charge in [0.05, 0.1) is 6.04 Å². The minimum absolute atomic E-state index is 0.288. The molecule has 0 fully saturated rings. The van der Waals surface area contributed by atoms with E-state index in [2.05, 4.69) is 53.5 Å². The zero-order valence-corrected chi connectivity index (χ0v) is 9.01. The molecule has 78 valence electrons. The molecule has 1 heterocycles. The van der Waals surface area contributed by atoms with Gasteiger partial charge in [-0.05, 0) is 23.1 Å². The van der Waals surface area contributed by atoms with E-state index in [-0.39, 0.29) is 6.04 Å². The Morgan fingerprint density at radius 1 is 0.875 bits per heavy atom. The smallest absolute Gasteiger partial charge is 0.0789 e. The zero-order valence-electron chi connectivity index (χ0n) is 9.01. The highest BCUT2D eigenvalue weighted by Gasteiger charge is 2.15. The summed E-state index contributed by atoms with van der Waals surface area (Å²) in [6.07, 6.45) is 3.01. The largest absolute Gasteiger partial charge is 0.284 e. The van der Waals surface area contributed by atoms with Crippen LogP contribution < -0.4 is 0 Å². The third-order valence-electron chi connectivity index (χ3n) is 3.05. The first-order valence-corrected chi connectivity index (χ1v) is 5.59. The maximum Gasteiger partial charge on any atom is 0.0789 e. The number of benzene rings is 2. The average Bonchev–Trinajstić information content (AvgIpc) is 2.39. The van der Waals surface area contributed by atoms with E-state index in [1.54, 1.807) is 0 Å². The fourth-order valence-corrected chi connectivity index (χ4v) is 2.16. The van der Waals surface area contributed by atoms with Crippen LogP contribution in [0.4, 0.5) is 0 Å². The molecule has 1 aliphatic heterocycles. The molecule has 0 bridgehead atoms. The first kappa shape index (κ1) is 9.34. The van der Waals surface area contributed by atoms with Gasteiger partial charge in [0.15, 0.2) is 0 Å². The van der Waals surface area contributed by atoms with Gasteiger partial charge in [0.2, 0.25) is 0 Å². The van der Waals surface area contributed by atoms with Crippen LogP contribution in [-0.2, 0) is 6.42 Å². The van der Waals surface area contributed by atoms with Crippen LogP contribution in [0.3, 0.4) is 0 Å². The Hall–Kier alpha value is -1.89. The molecule has 2 aromatic rings. The van der Waals surface area contributed by atoms with Crippen LogP contribution in [0.15, 0.2) is 59.6 Å². The Labute approximate surface area is 95.5 Å². The van der Waals surface area contributed by atoms with Gasteiger partial charge >= 0.3 is 0 Å². The SMILES string of the molecule is C1=N[C@@H](c2ccccc2)Cc2ccccc21. The lowest BCUT2D eigenvalue weighted by Gasteiger charge is -2.18. The third kappa shape index (κ3) is 1.65. The molecule has 3 rings (SSSR count). The lowest BCUT2D eigenvalue weighted by Crippen LogP contribution is -2.08. The van der Waals surface area contributed by atoms with Crippen molar-refractivity contribution in [2.75, 3.05) is 0 Å². The highest BCUT2D eigenvalue weighted by molar-refractivity contribution is 5.83. The Morgan fingerprint density at radius 3 is 2.50 bits per heavy atom. The van der Waals surface area contributed by atoms with Crippen molar-refractivity contribution in [1.29, 1.82) is 0 Å². The number of hydrogen-bond acceptors (Lipinski definition) is 1. The quantitative estimate of drug-likeness (QED) is 0.679. The number of aliphatic imine (C=N–C) groups is 1. The van der Waals surface area contributed by atoms with E-state index in [9.17, 15) is 0 Å². The average molecular weight is 207 g/mol. The first-order chi connectivity index (χ1) is 7.93. The van der Waals surface area contributed by atoms with Crippen molar-refractivity contribution in [3.63, 3.8) is 0 Å². The van der Waals surface area contributed by atoms with Gasteiger partial charge in [0.25, 0.3) is 0 Å². The standard InChI is InChI=1S/C15H13N/c1-2-6-12(7-3-1)15-10-13-8-4-5-9-14(13)11-16-15/h1-9,11,15H,10H2/t15-/m1/s1. The second-order valence-electron chi connectivity index (χ2n) is 4.11. The predicted molar refractivity (Wildman–Crippen MR) is 66.9 cm³/mol. The fraction of sp³-hybridized carbons (Fsp3) is 0.133. The molecule has 16 heavy (non-hydrogen) atoms. The monoisotopic (exact) mass is 207 g/mol. The summed E-state index contributed by atoms with van der Waals surface area (Å²) in [6, 6.07) is 19.3. The van der Waals surface area contributed by atoms with Gasteiger partial charge in [-0.15, -0.1) is 0 Å². The fourth-order valence-electron chi connectivity index (χ4n) is 2.16. The van der Waals surface area contributed by atoms with Gasteiger partial charge in [-0.3, -0.25) is 4.99 Å². The van der Waals surface area contributed by atoms with Crippen LogP contribution in [0.2, 0.25) is 0 Å². The normalized spacial score (nSPS) is 18.1. The van der Waals surface area contributed by atoms with E-state index in [4.69, 9.17) is 0 Å². The molecule has 1 nitrogen and oxygen atoms in total. The van der Waals surface area contributed by atoms with Crippen molar-refractivity contribution in [3.05, 3.63) is 71.3 Å². The Balaban J connectivity index is 1.95. The van der Waals surface area contributed by atoms with Gasteiger partial charge in [-0.2, -0.15) is 0 Å². The maximum atomic E-state index is 4.62. The minimum Gasteiger partial charge on any atom is -0.284 e. The first-order valence-electron chi connectivity index (χ1n) is 5.59. The summed E-state index contributed by atoms with van der Waals surface area (Å²) >= 11 is 0. The van der Waals surface area contributed by atoms with Crippen molar-refractivity contribution in [3.8, 4) is 0 Å². The van der Waals surface area contributed by atoms with E-state index >= 15 is 0 Å². The molecule has 0 saturated heterocycles.